The predicted molar refractivity (Wildman–Crippen MR) is 116 cm³/mol. The number of anilines is 2. The van der Waals surface area contributed by atoms with Gasteiger partial charge in [-0.25, -0.2) is 0 Å². The summed E-state index contributed by atoms with van der Waals surface area (Å²) in [5.74, 6) is 0.893. The maximum absolute atomic E-state index is 13.1. The minimum atomic E-state index is -0.225. The number of thioether (sulfide) groups is 1. The zero-order chi connectivity index (χ0) is 20.4. The minimum absolute atomic E-state index is 0.0604. The van der Waals surface area contributed by atoms with Crippen LogP contribution in [0.5, 0.6) is 0 Å². The van der Waals surface area contributed by atoms with Crippen molar-refractivity contribution >= 4 is 46.3 Å². The number of carbonyl (C=O) groups is 2. The fraction of sp³-hybridized carbons (Fsp3) is 0.300. The molecule has 150 valence electrons. The molecular formula is C20H21N5O2S2. The summed E-state index contributed by atoms with van der Waals surface area (Å²) in [4.78, 5) is 28.0. The third-order valence-electron chi connectivity index (χ3n) is 4.73. The standard InChI is InChI=1S/C20H21N5O2S2/c1-3-24-19(16-9-6-10-28-16)22-23-20(24)29-12-18(27)25-13(2)11-17(26)21-14-7-4-5-8-15(14)25/h4-10,13H,3,11-12H2,1-2H3,(H,21,26)/t13-/m0/s1. The molecule has 0 radical (unpaired) electrons. The van der Waals surface area contributed by atoms with E-state index >= 15 is 0 Å². The van der Waals surface area contributed by atoms with E-state index in [1.807, 2.05) is 60.2 Å². The first-order valence-electron chi connectivity index (χ1n) is 9.39. The van der Waals surface area contributed by atoms with Crippen LogP contribution in [0, 0.1) is 0 Å². The number of hydrogen-bond acceptors (Lipinski definition) is 6. The molecule has 0 aliphatic carbocycles. The largest absolute Gasteiger partial charge is 0.324 e. The normalized spacial score (nSPS) is 16.3. The summed E-state index contributed by atoms with van der Waals surface area (Å²) in [5.41, 5.74) is 1.39. The molecule has 3 aromatic rings. The predicted octanol–water partition coefficient (Wildman–Crippen LogP) is 3.88. The quantitative estimate of drug-likeness (QED) is 0.625. The number of para-hydroxylation sites is 2. The SMILES string of the molecule is CCn1c(SCC(=O)N2c3ccccc3NC(=O)C[C@@H]2C)nnc1-c1cccs1. The van der Waals surface area contributed by atoms with Crippen molar-refractivity contribution < 1.29 is 9.59 Å². The highest BCUT2D eigenvalue weighted by Crippen LogP contribution is 2.33. The van der Waals surface area contributed by atoms with E-state index in [0.29, 0.717) is 10.8 Å². The molecule has 0 saturated carbocycles. The molecule has 1 aliphatic rings. The van der Waals surface area contributed by atoms with Crippen molar-refractivity contribution in [1.29, 1.82) is 0 Å². The summed E-state index contributed by atoms with van der Waals surface area (Å²) < 4.78 is 2.02. The molecule has 0 unspecified atom stereocenters. The summed E-state index contributed by atoms with van der Waals surface area (Å²) in [6.45, 7) is 4.66. The molecule has 1 N–H and O–H groups in total. The first-order valence-corrected chi connectivity index (χ1v) is 11.3. The van der Waals surface area contributed by atoms with E-state index in [9.17, 15) is 9.59 Å². The molecule has 1 atom stereocenters. The Morgan fingerprint density at radius 1 is 1.28 bits per heavy atom. The summed E-state index contributed by atoms with van der Waals surface area (Å²) in [6, 6.07) is 11.2. The Morgan fingerprint density at radius 3 is 2.86 bits per heavy atom. The van der Waals surface area contributed by atoms with E-state index in [4.69, 9.17) is 0 Å². The number of aromatic nitrogens is 3. The zero-order valence-electron chi connectivity index (χ0n) is 16.2. The number of nitrogens with one attached hydrogen (secondary N) is 1. The van der Waals surface area contributed by atoms with Crippen LogP contribution >= 0.6 is 23.1 Å². The summed E-state index contributed by atoms with van der Waals surface area (Å²) >= 11 is 2.99. The summed E-state index contributed by atoms with van der Waals surface area (Å²) in [6.07, 6.45) is 0.263. The molecular weight excluding hydrogens is 406 g/mol. The van der Waals surface area contributed by atoms with Gasteiger partial charge in [0.15, 0.2) is 11.0 Å². The Bertz CT molecular complexity index is 1030. The summed E-state index contributed by atoms with van der Waals surface area (Å²) in [7, 11) is 0. The lowest BCUT2D eigenvalue weighted by atomic mass is 10.2. The second kappa shape index (κ2) is 8.38. The molecule has 7 nitrogen and oxygen atoms in total. The third kappa shape index (κ3) is 3.92. The van der Waals surface area contributed by atoms with Crippen molar-refractivity contribution in [3.63, 3.8) is 0 Å². The van der Waals surface area contributed by atoms with Gasteiger partial charge >= 0.3 is 0 Å². The first kappa shape index (κ1) is 19.7. The molecule has 0 spiro atoms. The number of hydrogen-bond donors (Lipinski definition) is 1. The zero-order valence-corrected chi connectivity index (χ0v) is 17.8. The summed E-state index contributed by atoms with van der Waals surface area (Å²) in [5, 5.41) is 14.2. The Morgan fingerprint density at radius 2 is 2.10 bits per heavy atom. The van der Waals surface area contributed by atoms with Crippen molar-refractivity contribution in [2.75, 3.05) is 16.0 Å². The Hall–Kier alpha value is -2.65. The van der Waals surface area contributed by atoms with Gasteiger partial charge in [0.1, 0.15) is 0 Å². The minimum Gasteiger partial charge on any atom is -0.324 e. The highest BCUT2D eigenvalue weighted by atomic mass is 32.2. The van der Waals surface area contributed by atoms with Crippen molar-refractivity contribution in [3.05, 3.63) is 41.8 Å². The number of fused-ring (bicyclic) bond motifs is 1. The molecule has 9 heteroatoms. The smallest absolute Gasteiger partial charge is 0.237 e. The van der Waals surface area contributed by atoms with Gasteiger partial charge in [0.2, 0.25) is 11.8 Å². The maximum Gasteiger partial charge on any atom is 0.237 e. The molecule has 29 heavy (non-hydrogen) atoms. The van der Waals surface area contributed by atoms with Gasteiger partial charge in [0, 0.05) is 19.0 Å². The van der Waals surface area contributed by atoms with E-state index in [1.165, 1.54) is 11.8 Å². The van der Waals surface area contributed by atoms with Crippen LogP contribution in [0.2, 0.25) is 0 Å². The second-order valence-electron chi connectivity index (χ2n) is 6.70. The molecule has 0 saturated heterocycles. The van der Waals surface area contributed by atoms with E-state index in [2.05, 4.69) is 15.5 Å². The van der Waals surface area contributed by atoms with Crippen LogP contribution in [-0.4, -0.2) is 38.4 Å². The molecule has 3 heterocycles. The van der Waals surface area contributed by atoms with Gasteiger partial charge in [0.05, 0.1) is 22.0 Å². The van der Waals surface area contributed by atoms with Crippen LogP contribution in [0.25, 0.3) is 10.7 Å². The molecule has 0 fully saturated rings. The average Bonchev–Trinajstić information content (AvgIpc) is 3.34. The van der Waals surface area contributed by atoms with E-state index in [-0.39, 0.29) is 30.0 Å². The fourth-order valence-corrected chi connectivity index (χ4v) is 5.01. The first-order chi connectivity index (χ1) is 14.1. The second-order valence-corrected chi connectivity index (χ2v) is 8.59. The van der Waals surface area contributed by atoms with Crippen LogP contribution < -0.4 is 10.2 Å². The molecule has 2 aromatic heterocycles. The van der Waals surface area contributed by atoms with Gasteiger partial charge in [-0.15, -0.1) is 21.5 Å². The molecule has 0 bridgehead atoms. The number of nitrogens with zero attached hydrogens (tertiary/aromatic N) is 4. The number of carbonyl (C=O) groups excluding carboxylic acids is 2. The van der Waals surface area contributed by atoms with Crippen molar-refractivity contribution in [1.82, 2.24) is 14.8 Å². The van der Waals surface area contributed by atoms with Crippen LogP contribution in [0.4, 0.5) is 11.4 Å². The van der Waals surface area contributed by atoms with Crippen molar-refractivity contribution in [2.24, 2.45) is 0 Å². The van der Waals surface area contributed by atoms with Crippen LogP contribution in [-0.2, 0) is 16.1 Å². The van der Waals surface area contributed by atoms with Crippen molar-refractivity contribution in [3.8, 4) is 10.7 Å². The highest BCUT2D eigenvalue weighted by Gasteiger charge is 2.29. The van der Waals surface area contributed by atoms with Gasteiger partial charge in [0.25, 0.3) is 0 Å². The topological polar surface area (TPSA) is 80.1 Å². The Kier molecular flexibility index (Phi) is 5.68. The van der Waals surface area contributed by atoms with Gasteiger partial charge in [-0.1, -0.05) is 30.0 Å². The fourth-order valence-electron chi connectivity index (χ4n) is 3.43. The number of amides is 2. The third-order valence-corrected chi connectivity index (χ3v) is 6.54. The lowest BCUT2D eigenvalue weighted by Crippen LogP contribution is -2.40. The van der Waals surface area contributed by atoms with E-state index in [1.54, 1.807) is 16.2 Å². The van der Waals surface area contributed by atoms with Gasteiger partial charge in [-0.05, 0) is 37.4 Å². The monoisotopic (exact) mass is 427 g/mol. The van der Waals surface area contributed by atoms with Crippen LogP contribution in [0.15, 0.2) is 46.9 Å². The molecule has 1 aliphatic heterocycles. The average molecular weight is 428 g/mol. The van der Waals surface area contributed by atoms with Crippen molar-refractivity contribution in [2.45, 2.75) is 38.0 Å². The van der Waals surface area contributed by atoms with Crippen LogP contribution in [0.3, 0.4) is 0 Å². The van der Waals surface area contributed by atoms with Crippen LogP contribution in [0.1, 0.15) is 20.3 Å². The molecule has 4 rings (SSSR count). The number of thiophene rings is 1. The van der Waals surface area contributed by atoms with Gasteiger partial charge in [-0.2, -0.15) is 0 Å². The number of benzene rings is 1. The van der Waals surface area contributed by atoms with Gasteiger partial charge < -0.3 is 14.8 Å². The maximum atomic E-state index is 13.1. The van der Waals surface area contributed by atoms with E-state index < -0.39 is 0 Å². The lowest BCUT2D eigenvalue weighted by Gasteiger charge is -2.27. The number of rotatable bonds is 5. The Labute approximate surface area is 177 Å². The Balaban J connectivity index is 1.55. The highest BCUT2D eigenvalue weighted by molar-refractivity contribution is 7.99. The van der Waals surface area contributed by atoms with Gasteiger partial charge in [-0.3, -0.25) is 9.59 Å². The molecule has 1 aromatic carbocycles. The van der Waals surface area contributed by atoms with E-state index in [0.717, 1.165) is 22.9 Å². The lowest BCUT2D eigenvalue weighted by molar-refractivity contribution is -0.117. The molecule has 2 amide bonds.